The Labute approximate surface area is 168 Å². The van der Waals surface area contributed by atoms with Gasteiger partial charge in [0.15, 0.2) is 0 Å². The molecule has 0 amide bonds. The Balaban J connectivity index is 1.63. The lowest BCUT2D eigenvalue weighted by atomic mass is 10.1. The molecule has 1 saturated heterocycles. The summed E-state index contributed by atoms with van der Waals surface area (Å²) < 4.78 is 41.7. The maximum Gasteiger partial charge on any atom is 0.243 e. The second-order valence-electron chi connectivity index (χ2n) is 6.83. The Morgan fingerprint density at radius 3 is 2.69 bits per heavy atom. The number of sulfonamides is 1. The van der Waals surface area contributed by atoms with Crippen LogP contribution >= 0.6 is 0 Å². The van der Waals surface area contributed by atoms with Gasteiger partial charge in [-0.1, -0.05) is 12.1 Å². The molecule has 150 valence electrons. The number of aromatic nitrogens is 3. The highest BCUT2D eigenvalue weighted by molar-refractivity contribution is 7.89. The highest BCUT2D eigenvalue weighted by atomic mass is 32.2. The van der Waals surface area contributed by atoms with Crippen molar-refractivity contribution < 1.29 is 12.8 Å². The molecule has 9 heteroatoms. The molecule has 29 heavy (non-hydrogen) atoms. The van der Waals surface area contributed by atoms with Gasteiger partial charge in [0, 0.05) is 18.9 Å². The van der Waals surface area contributed by atoms with Crippen molar-refractivity contribution in [1.82, 2.24) is 19.3 Å². The van der Waals surface area contributed by atoms with E-state index in [4.69, 9.17) is 0 Å². The molecule has 3 aromatic rings. The molecule has 0 aliphatic carbocycles. The van der Waals surface area contributed by atoms with Crippen LogP contribution in [0.25, 0.3) is 0 Å². The molecule has 1 aliphatic heterocycles. The van der Waals surface area contributed by atoms with Gasteiger partial charge in [-0.2, -0.15) is 4.31 Å². The first kappa shape index (κ1) is 19.4. The Bertz CT molecular complexity index is 1120. The minimum absolute atomic E-state index is 0.0422. The lowest BCUT2D eigenvalue weighted by Gasteiger charge is -2.24. The van der Waals surface area contributed by atoms with Gasteiger partial charge in [0.25, 0.3) is 0 Å². The lowest BCUT2D eigenvalue weighted by molar-refractivity contribution is 0.390. The summed E-state index contributed by atoms with van der Waals surface area (Å²) in [5.41, 5.74) is 1.03. The first-order chi connectivity index (χ1) is 13.9. The molecule has 1 atom stereocenters. The van der Waals surface area contributed by atoms with Crippen molar-refractivity contribution in [1.29, 1.82) is 0 Å². The van der Waals surface area contributed by atoms with Gasteiger partial charge in [0.1, 0.15) is 11.6 Å². The smallest absolute Gasteiger partial charge is 0.243 e. The highest BCUT2D eigenvalue weighted by Gasteiger charge is 2.37. The largest absolute Gasteiger partial charge is 0.309 e. The minimum Gasteiger partial charge on any atom is -0.309 e. The molecule has 0 unspecified atom stereocenters. The van der Waals surface area contributed by atoms with Crippen LogP contribution in [0.2, 0.25) is 0 Å². The molecular weight excluding hydrogens is 393 g/mol. The van der Waals surface area contributed by atoms with Crippen LogP contribution < -0.4 is 5.32 Å². The topological polar surface area (TPSA) is 88.1 Å². The average molecular weight is 413 g/mol. The zero-order valence-electron chi connectivity index (χ0n) is 15.8. The molecule has 3 heterocycles. The molecule has 1 N–H and O–H groups in total. The predicted octanol–water partition coefficient (Wildman–Crippen LogP) is 3.59. The molecule has 1 fully saturated rings. The highest BCUT2D eigenvalue weighted by Crippen LogP contribution is 2.36. The van der Waals surface area contributed by atoms with Crippen LogP contribution in [0.1, 0.15) is 30.1 Å². The number of pyridine rings is 1. The van der Waals surface area contributed by atoms with Crippen LogP contribution in [-0.2, 0) is 10.0 Å². The van der Waals surface area contributed by atoms with E-state index in [1.165, 1.54) is 16.4 Å². The van der Waals surface area contributed by atoms with Crippen LogP contribution in [0, 0.1) is 12.7 Å². The predicted molar refractivity (Wildman–Crippen MR) is 107 cm³/mol. The number of halogens is 1. The van der Waals surface area contributed by atoms with Gasteiger partial charge in [-0.05, 0) is 55.7 Å². The summed E-state index contributed by atoms with van der Waals surface area (Å²) in [6.45, 7) is 1.97. The molecule has 0 bridgehead atoms. The number of hydrogen-bond acceptors (Lipinski definition) is 6. The van der Waals surface area contributed by atoms with Crippen molar-refractivity contribution in [2.75, 3.05) is 11.9 Å². The van der Waals surface area contributed by atoms with Gasteiger partial charge >= 0.3 is 0 Å². The van der Waals surface area contributed by atoms with E-state index in [0.29, 0.717) is 42.4 Å². The summed E-state index contributed by atoms with van der Waals surface area (Å²) in [5, 5.41) is 3.02. The molecular formula is C20H20FN5O2S. The van der Waals surface area contributed by atoms with E-state index in [9.17, 15) is 12.8 Å². The SMILES string of the molecule is Cc1ccc(S(=O)(=O)N2CCC[C@H]2c2cccc(Nc3ncccn3)n2)cc1F. The van der Waals surface area contributed by atoms with Crippen molar-refractivity contribution in [3.63, 3.8) is 0 Å². The van der Waals surface area contributed by atoms with Crippen molar-refractivity contribution in [2.45, 2.75) is 30.7 Å². The molecule has 0 spiro atoms. The first-order valence-corrected chi connectivity index (χ1v) is 10.7. The van der Waals surface area contributed by atoms with Crippen LogP contribution in [0.5, 0.6) is 0 Å². The van der Waals surface area contributed by atoms with E-state index in [0.717, 1.165) is 6.07 Å². The summed E-state index contributed by atoms with van der Waals surface area (Å²) >= 11 is 0. The average Bonchev–Trinajstić information content (AvgIpc) is 3.22. The molecule has 0 saturated carbocycles. The third kappa shape index (κ3) is 3.96. The quantitative estimate of drug-likeness (QED) is 0.688. The van der Waals surface area contributed by atoms with E-state index in [1.54, 1.807) is 37.5 Å². The summed E-state index contributed by atoms with van der Waals surface area (Å²) in [6, 6.07) is 10.7. The fourth-order valence-electron chi connectivity index (χ4n) is 3.38. The van der Waals surface area contributed by atoms with Crippen molar-refractivity contribution in [2.24, 2.45) is 0 Å². The van der Waals surface area contributed by atoms with Crippen LogP contribution in [0.4, 0.5) is 16.2 Å². The fraction of sp³-hybridized carbons (Fsp3) is 0.250. The zero-order valence-corrected chi connectivity index (χ0v) is 16.6. The van der Waals surface area contributed by atoms with E-state index in [-0.39, 0.29) is 4.90 Å². The maximum atomic E-state index is 14.0. The second kappa shape index (κ2) is 7.84. The van der Waals surface area contributed by atoms with E-state index in [1.807, 2.05) is 6.07 Å². The minimum atomic E-state index is -3.84. The third-order valence-corrected chi connectivity index (χ3v) is 6.78. The monoisotopic (exact) mass is 413 g/mol. The zero-order chi connectivity index (χ0) is 20.4. The van der Waals surface area contributed by atoms with Crippen LogP contribution in [-0.4, -0.2) is 34.2 Å². The molecule has 1 aliphatic rings. The summed E-state index contributed by atoms with van der Waals surface area (Å²) in [6.07, 6.45) is 4.58. The molecule has 7 nitrogen and oxygen atoms in total. The van der Waals surface area contributed by atoms with Crippen molar-refractivity contribution in [3.8, 4) is 0 Å². The molecule has 1 aromatic carbocycles. The maximum absolute atomic E-state index is 14.0. The number of nitrogens with zero attached hydrogens (tertiary/aromatic N) is 4. The van der Waals surface area contributed by atoms with E-state index >= 15 is 0 Å². The van der Waals surface area contributed by atoms with E-state index < -0.39 is 21.9 Å². The summed E-state index contributed by atoms with van der Waals surface area (Å²) in [5.74, 6) is 0.400. The lowest BCUT2D eigenvalue weighted by Crippen LogP contribution is -2.31. The van der Waals surface area contributed by atoms with Crippen molar-refractivity contribution >= 4 is 21.8 Å². The Morgan fingerprint density at radius 1 is 1.14 bits per heavy atom. The van der Waals surface area contributed by atoms with Crippen molar-refractivity contribution in [3.05, 3.63) is 71.9 Å². The Hall–Kier alpha value is -2.91. The van der Waals surface area contributed by atoms with Crippen LogP contribution in [0.3, 0.4) is 0 Å². The second-order valence-corrected chi connectivity index (χ2v) is 8.72. The molecule has 2 aromatic heterocycles. The first-order valence-electron chi connectivity index (χ1n) is 9.24. The Kier molecular flexibility index (Phi) is 5.25. The summed E-state index contributed by atoms with van der Waals surface area (Å²) in [4.78, 5) is 12.7. The number of aryl methyl sites for hydroxylation is 1. The summed E-state index contributed by atoms with van der Waals surface area (Å²) in [7, 11) is -3.84. The number of benzene rings is 1. The number of anilines is 2. The van der Waals surface area contributed by atoms with Gasteiger partial charge < -0.3 is 5.32 Å². The Morgan fingerprint density at radius 2 is 1.93 bits per heavy atom. The fourth-order valence-corrected chi connectivity index (χ4v) is 5.06. The molecule has 4 rings (SSSR count). The van der Waals surface area contributed by atoms with Gasteiger partial charge in [-0.25, -0.2) is 27.8 Å². The van der Waals surface area contributed by atoms with Gasteiger partial charge in [-0.15, -0.1) is 0 Å². The normalized spacial score (nSPS) is 17.4. The number of rotatable bonds is 5. The van der Waals surface area contributed by atoms with E-state index in [2.05, 4.69) is 20.3 Å². The van der Waals surface area contributed by atoms with Gasteiger partial charge in [0.2, 0.25) is 16.0 Å². The van der Waals surface area contributed by atoms with Gasteiger partial charge in [0.05, 0.1) is 16.6 Å². The third-order valence-electron chi connectivity index (χ3n) is 4.87. The number of hydrogen-bond donors (Lipinski definition) is 1. The number of nitrogens with one attached hydrogen (secondary N) is 1. The molecule has 0 radical (unpaired) electrons. The van der Waals surface area contributed by atoms with Gasteiger partial charge in [-0.3, -0.25) is 0 Å². The van der Waals surface area contributed by atoms with Crippen LogP contribution in [0.15, 0.2) is 59.8 Å². The standard InChI is InChI=1S/C20H20FN5O2S/c1-14-8-9-15(13-16(14)21)29(27,28)26-12-3-6-18(26)17-5-2-7-19(24-17)25-20-22-10-4-11-23-20/h2,4-5,7-11,13,18H,3,6,12H2,1H3,(H,22,23,24,25)/t18-/m0/s1.